The molecule has 1 saturated carbocycles. The van der Waals surface area contributed by atoms with Crippen LogP contribution in [0.3, 0.4) is 0 Å². The second-order valence-electron chi connectivity index (χ2n) is 5.50. The quantitative estimate of drug-likeness (QED) is 0.762. The fraction of sp³-hybridized carbons (Fsp3) is 0.714. The van der Waals surface area contributed by atoms with E-state index in [1.165, 1.54) is 11.4 Å². The average molecular weight is 221 g/mol. The fourth-order valence-corrected chi connectivity index (χ4v) is 2.96. The molecule has 1 aliphatic carbocycles. The number of aromatic nitrogens is 1. The second-order valence-corrected chi connectivity index (χ2v) is 5.50. The highest BCUT2D eigenvalue weighted by Gasteiger charge is 2.50. The standard InChI is InChI=1S/C14H23NO/c1-6-16-13-9-12(14(13,4)5)15-10(2)7-8-11(15)3/h7-8,12-13H,6,9H2,1-5H3. The van der Waals surface area contributed by atoms with E-state index < -0.39 is 0 Å². The Morgan fingerprint density at radius 1 is 1.31 bits per heavy atom. The van der Waals surface area contributed by atoms with Gasteiger partial charge in [-0.3, -0.25) is 0 Å². The van der Waals surface area contributed by atoms with E-state index in [4.69, 9.17) is 4.74 Å². The lowest BCUT2D eigenvalue weighted by Crippen LogP contribution is -2.51. The van der Waals surface area contributed by atoms with Gasteiger partial charge in [-0.2, -0.15) is 0 Å². The Hall–Kier alpha value is -0.760. The van der Waals surface area contributed by atoms with E-state index in [0.29, 0.717) is 12.1 Å². The molecule has 90 valence electrons. The summed E-state index contributed by atoms with van der Waals surface area (Å²) in [4.78, 5) is 0. The van der Waals surface area contributed by atoms with Gasteiger partial charge in [-0.05, 0) is 39.3 Å². The monoisotopic (exact) mass is 221 g/mol. The smallest absolute Gasteiger partial charge is 0.0665 e. The highest BCUT2D eigenvalue weighted by Crippen LogP contribution is 2.52. The first-order valence-electron chi connectivity index (χ1n) is 6.24. The molecule has 0 amide bonds. The van der Waals surface area contributed by atoms with Gasteiger partial charge in [0.1, 0.15) is 0 Å². The highest BCUT2D eigenvalue weighted by molar-refractivity contribution is 5.18. The van der Waals surface area contributed by atoms with E-state index >= 15 is 0 Å². The SMILES string of the molecule is CCOC1CC(n2c(C)ccc2C)C1(C)C. The van der Waals surface area contributed by atoms with Gasteiger partial charge in [0.2, 0.25) is 0 Å². The van der Waals surface area contributed by atoms with E-state index in [1.54, 1.807) is 0 Å². The lowest BCUT2D eigenvalue weighted by Gasteiger charge is -2.53. The molecule has 0 saturated heterocycles. The third-order valence-corrected chi connectivity index (χ3v) is 4.13. The van der Waals surface area contributed by atoms with Crippen LogP contribution in [0.2, 0.25) is 0 Å². The summed E-state index contributed by atoms with van der Waals surface area (Å²) in [5, 5.41) is 0. The minimum atomic E-state index is 0.255. The summed E-state index contributed by atoms with van der Waals surface area (Å²) in [6.45, 7) is 11.9. The fourth-order valence-electron chi connectivity index (χ4n) is 2.96. The van der Waals surface area contributed by atoms with Gasteiger partial charge in [0.05, 0.1) is 6.10 Å². The molecule has 2 nitrogen and oxygen atoms in total. The number of rotatable bonds is 3. The van der Waals surface area contributed by atoms with E-state index in [1.807, 2.05) is 0 Å². The van der Waals surface area contributed by atoms with Gasteiger partial charge < -0.3 is 9.30 Å². The predicted octanol–water partition coefficient (Wildman–Crippen LogP) is 3.48. The van der Waals surface area contributed by atoms with E-state index in [9.17, 15) is 0 Å². The lowest BCUT2D eigenvalue weighted by atomic mass is 9.64. The lowest BCUT2D eigenvalue weighted by molar-refractivity contribution is -0.128. The van der Waals surface area contributed by atoms with Gasteiger partial charge in [-0.25, -0.2) is 0 Å². The topological polar surface area (TPSA) is 14.2 Å². The molecule has 1 heterocycles. The Labute approximate surface area is 98.6 Å². The number of aryl methyl sites for hydroxylation is 2. The third-order valence-electron chi connectivity index (χ3n) is 4.13. The Morgan fingerprint density at radius 2 is 1.88 bits per heavy atom. The number of ether oxygens (including phenoxy) is 1. The Bertz CT molecular complexity index is 359. The molecule has 2 rings (SSSR count). The summed E-state index contributed by atoms with van der Waals surface area (Å²) in [5.41, 5.74) is 2.99. The maximum Gasteiger partial charge on any atom is 0.0665 e. The van der Waals surface area contributed by atoms with Gasteiger partial charge in [0.15, 0.2) is 0 Å². The van der Waals surface area contributed by atoms with Crippen LogP contribution in [0.1, 0.15) is 44.6 Å². The van der Waals surface area contributed by atoms with Crippen LogP contribution in [0.25, 0.3) is 0 Å². The van der Waals surface area contributed by atoms with Crippen LogP contribution in [0.15, 0.2) is 12.1 Å². The molecule has 1 aromatic rings. The molecule has 2 heteroatoms. The van der Waals surface area contributed by atoms with Gasteiger partial charge in [-0.15, -0.1) is 0 Å². The Balaban J connectivity index is 2.20. The van der Waals surface area contributed by atoms with Crippen molar-refractivity contribution in [3.8, 4) is 0 Å². The van der Waals surface area contributed by atoms with Crippen molar-refractivity contribution in [2.45, 2.75) is 53.2 Å². The molecule has 0 N–H and O–H groups in total. The van der Waals surface area contributed by atoms with Crippen LogP contribution in [0.5, 0.6) is 0 Å². The molecule has 1 aromatic heterocycles. The summed E-state index contributed by atoms with van der Waals surface area (Å²) in [7, 11) is 0. The van der Waals surface area contributed by atoms with Crippen LogP contribution in [0.4, 0.5) is 0 Å². The van der Waals surface area contributed by atoms with Crippen molar-refractivity contribution < 1.29 is 4.74 Å². The summed E-state index contributed by atoms with van der Waals surface area (Å²) in [6.07, 6.45) is 1.57. The van der Waals surface area contributed by atoms with Crippen LogP contribution < -0.4 is 0 Å². The first kappa shape index (κ1) is 11.7. The largest absolute Gasteiger partial charge is 0.378 e. The summed E-state index contributed by atoms with van der Waals surface area (Å²) < 4.78 is 8.26. The molecule has 0 aromatic carbocycles. The van der Waals surface area contributed by atoms with Gasteiger partial charge in [0, 0.05) is 29.5 Å². The van der Waals surface area contributed by atoms with Crippen molar-refractivity contribution in [2.24, 2.45) is 5.41 Å². The molecule has 0 spiro atoms. The summed E-state index contributed by atoms with van der Waals surface area (Å²) >= 11 is 0. The van der Waals surface area contributed by atoms with Gasteiger partial charge >= 0.3 is 0 Å². The normalized spacial score (nSPS) is 27.8. The number of nitrogens with zero attached hydrogens (tertiary/aromatic N) is 1. The predicted molar refractivity (Wildman–Crippen MR) is 66.8 cm³/mol. The van der Waals surface area contributed by atoms with Crippen molar-refractivity contribution in [3.63, 3.8) is 0 Å². The second kappa shape index (κ2) is 3.92. The van der Waals surface area contributed by atoms with E-state index in [0.717, 1.165) is 13.0 Å². The molecule has 2 unspecified atom stereocenters. The highest BCUT2D eigenvalue weighted by atomic mass is 16.5. The van der Waals surface area contributed by atoms with Crippen LogP contribution >= 0.6 is 0 Å². The zero-order valence-corrected chi connectivity index (χ0v) is 11.1. The first-order chi connectivity index (χ1) is 7.48. The number of hydrogen-bond acceptors (Lipinski definition) is 1. The van der Waals surface area contributed by atoms with Crippen molar-refractivity contribution in [2.75, 3.05) is 6.61 Å². The summed E-state index contributed by atoms with van der Waals surface area (Å²) in [6, 6.07) is 5.01. The van der Waals surface area contributed by atoms with Crippen LogP contribution in [0, 0.1) is 19.3 Å². The maximum atomic E-state index is 5.79. The van der Waals surface area contributed by atoms with Crippen LogP contribution in [-0.2, 0) is 4.74 Å². The molecular weight excluding hydrogens is 198 g/mol. The van der Waals surface area contributed by atoms with Gasteiger partial charge in [0.25, 0.3) is 0 Å². The molecule has 1 fully saturated rings. The molecule has 16 heavy (non-hydrogen) atoms. The zero-order valence-electron chi connectivity index (χ0n) is 11.1. The zero-order chi connectivity index (χ0) is 11.9. The first-order valence-corrected chi connectivity index (χ1v) is 6.24. The molecule has 0 bridgehead atoms. The van der Waals surface area contributed by atoms with Gasteiger partial charge in [-0.1, -0.05) is 13.8 Å². The van der Waals surface area contributed by atoms with Crippen molar-refractivity contribution in [3.05, 3.63) is 23.5 Å². The Kier molecular flexibility index (Phi) is 2.87. The van der Waals surface area contributed by atoms with E-state index in [2.05, 4.69) is 51.3 Å². The third kappa shape index (κ3) is 1.60. The van der Waals surface area contributed by atoms with E-state index in [-0.39, 0.29) is 5.41 Å². The average Bonchev–Trinajstić information content (AvgIpc) is 2.54. The molecular formula is C14H23NO. The van der Waals surface area contributed by atoms with Crippen molar-refractivity contribution in [1.29, 1.82) is 0 Å². The molecule has 0 aliphatic heterocycles. The number of hydrogen-bond donors (Lipinski definition) is 0. The Morgan fingerprint density at radius 3 is 2.31 bits per heavy atom. The molecule has 1 aliphatic rings. The van der Waals surface area contributed by atoms with Crippen LogP contribution in [-0.4, -0.2) is 17.3 Å². The molecule has 0 radical (unpaired) electrons. The minimum Gasteiger partial charge on any atom is -0.378 e. The molecule has 2 atom stereocenters. The minimum absolute atomic E-state index is 0.255. The van der Waals surface area contributed by atoms with Crippen molar-refractivity contribution >= 4 is 0 Å². The summed E-state index contributed by atoms with van der Waals surface area (Å²) in [5.74, 6) is 0. The maximum absolute atomic E-state index is 5.79. The van der Waals surface area contributed by atoms with Crippen molar-refractivity contribution in [1.82, 2.24) is 4.57 Å².